The molecule has 1 aromatic heterocycles. The summed E-state index contributed by atoms with van der Waals surface area (Å²) in [5, 5.41) is 1.19. The molecule has 1 nitrogen and oxygen atoms in total. The quantitative estimate of drug-likeness (QED) is 0.629. The maximum absolute atomic E-state index is 4.66. The van der Waals surface area contributed by atoms with Crippen LogP contribution in [0.5, 0.6) is 0 Å². The molecule has 0 amide bonds. The number of aromatic nitrogens is 1. The summed E-state index contributed by atoms with van der Waals surface area (Å²) in [5.74, 6) is 0. The van der Waals surface area contributed by atoms with E-state index in [4.69, 9.17) is 0 Å². The molecule has 0 N–H and O–H groups in total. The van der Waals surface area contributed by atoms with Crippen LogP contribution in [-0.2, 0) is 0 Å². The van der Waals surface area contributed by atoms with Crippen LogP contribution < -0.4 is 0 Å². The molecule has 0 aliphatic carbocycles. The molecule has 98 valence electrons. The van der Waals surface area contributed by atoms with Crippen LogP contribution >= 0.6 is 0 Å². The van der Waals surface area contributed by atoms with Gasteiger partial charge in [0.1, 0.15) is 0 Å². The highest BCUT2D eigenvalue weighted by molar-refractivity contribution is 5.81. The van der Waals surface area contributed by atoms with Crippen LogP contribution in [0.3, 0.4) is 0 Å². The minimum absolute atomic E-state index is 0.988. The van der Waals surface area contributed by atoms with E-state index >= 15 is 0 Å². The Bertz CT molecular complexity index is 767. The van der Waals surface area contributed by atoms with Crippen LogP contribution in [0.2, 0.25) is 0 Å². The highest BCUT2D eigenvalue weighted by atomic mass is 14.7. The Morgan fingerprint density at radius 3 is 2.30 bits per heavy atom. The van der Waals surface area contributed by atoms with Crippen molar-refractivity contribution in [2.75, 3.05) is 0 Å². The van der Waals surface area contributed by atoms with Crippen molar-refractivity contribution < 1.29 is 0 Å². The zero-order chi connectivity index (χ0) is 13.9. The summed E-state index contributed by atoms with van der Waals surface area (Å²) in [6, 6.07) is 19.0. The van der Waals surface area contributed by atoms with Crippen molar-refractivity contribution in [3.63, 3.8) is 0 Å². The molecular formula is C19H17N. The number of hydrogen-bond acceptors (Lipinski definition) is 1. The second-order valence-corrected chi connectivity index (χ2v) is 5.18. The van der Waals surface area contributed by atoms with Gasteiger partial charge in [-0.05, 0) is 43.7 Å². The Kier molecular flexibility index (Phi) is 3.34. The van der Waals surface area contributed by atoms with E-state index in [9.17, 15) is 0 Å². The van der Waals surface area contributed by atoms with Crippen molar-refractivity contribution in [3.05, 3.63) is 77.0 Å². The molecule has 0 aliphatic rings. The fourth-order valence-electron chi connectivity index (χ4n) is 2.21. The molecule has 0 saturated carbocycles. The molecule has 1 heteroatoms. The Balaban J connectivity index is 1.90. The molecule has 0 atom stereocenters. The van der Waals surface area contributed by atoms with E-state index in [-0.39, 0.29) is 0 Å². The molecule has 0 radical (unpaired) electrons. The lowest BCUT2D eigenvalue weighted by Crippen LogP contribution is -1.84. The van der Waals surface area contributed by atoms with Crippen LogP contribution in [0.15, 0.2) is 54.6 Å². The SMILES string of the molecule is Cc1ccc(C=Cc2ccc3cc(C)ccc3n2)cc1. The Morgan fingerprint density at radius 2 is 1.50 bits per heavy atom. The molecule has 2 aromatic carbocycles. The highest BCUT2D eigenvalue weighted by Gasteiger charge is 1.96. The van der Waals surface area contributed by atoms with Crippen LogP contribution in [0.1, 0.15) is 22.4 Å². The lowest BCUT2D eigenvalue weighted by atomic mass is 10.1. The third kappa shape index (κ3) is 2.77. The largest absolute Gasteiger partial charge is 0.248 e. The fourth-order valence-corrected chi connectivity index (χ4v) is 2.21. The van der Waals surface area contributed by atoms with Gasteiger partial charge in [0.15, 0.2) is 0 Å². The molecule has 3 rings (SSSR count). The van der Waals surface area contributed by atoms with E-state index in [0.29, 0.717) is 0 Å². The van der Waals surface area contributed by atoms with Gasteiger partial charge in [0.05, 0.1) is 11.2 Å². The number of fused-ring (bicyclic) bond motifs is 1. The lowest BCUT2D eigenvalue weighted by Gasteiger charge is -2.00. The predicted octanol–water partition coefficient (Wildman–Crippen LogP) is 5.02. The highest BCUT2D eigenvalue weighted by Crippen LogP contribution is 2.16. The number of aryl methyl sites for hydroxylation is 2. The first kappa shape index (κ1) is 12.6. The van der Waals surface area contributed by atoms with Gasteiger partial charge in [-0.2, -0.15) is 0 Å². The number of nitrogens with zero attached hydrogens (tertiary/aromatic N) is 1. The first-order valence-corrected chi connectivity index (χ1v) is 6.83. The van der Waals surface area contributed by atoms with Gasteiger partial charge in [0, 0.05) is 5.39 Å². The van der Waals surface area contributed by atoms with Gasteiger partial charge in [0.2, 0.25) is 0 Å². The second-order valence-electron chi connectivity index (χ2n) is 5.18. The van der Waals surface area contributed by atoms with Crippen molar-refractivity contribution in [3.8, 4) is 0 Å². The summed E-state index contributed by atoms with van der Waals surface area (Å²) >= 11 is 0. The van der Waals surface area contributed by atoms with Crippen molar-refractivity contribution in [1.82, 2.24) is 4.98 Å². The monoisotopic (exact) mass is 259 g/mol. The van der Waals surface area contributed by atoms with Gasteiger partial charge in [-0.3, -0.25) is 0 Å². The number of pyridine rings is 1. The Hall–Kier alpha value is -2.41. The molecule has 0 spiro atoms. The normalized spacial score (nSPS) is 11.3. The van der Waals surface area contributed by atoms with Crippen molar-refractivity contribution in [1.29, 1.82) is 0 Å². The molecule has 0 aliphatic heterocycles. The van der Waals surface area contributed by atoms with Gasteiger partial charge in [-0.15, -0.1) is 0 Å². The zero-order valence-electron chi connectivity index (χ0n) is 11.8. The standard InChI is InChI=1S/C19H17N/c1-14-3-6-16(7-4-14)8-10-18-11-9-17-13-15(2)5-12-19(17)20-18/h3-13H,1-2H3. The lowest BCUT2D eigenvalue weighted by molar-refractivity contribution is 1.36. The van der Waals surface area contributed by atoms with Crippen molar-refractivity contribution in [2.45, 2.75) is 13.8 Å². The van der Waals surface area contributed by atoms with Crippen molar-refractivity contribution in [2.24, 2.45) is 0 Å². The summed E-state index contributed by atoms with van der Waals surface area (Å²) in [6.45, 7) is 4.20. The molecule has 20 heavy (non-hydrogen) atoms. The van der Waals surface area contributed by atoms with E-state index in [2.05, 4.69) is 85.6 Å². The average Bonchev–Trinajstić information content (AvgIpc) is 2.46. The van der Waals surface area contributed by atoms with Gasteiger partial charge in [-0.25, -0.2) is 4.98 Å². The van der Waals surface area contributed by atoms with Gasteiger partial charge >= 0.3 is 0 Å². The second kappa shape index (κ2) is 5.30. The van der Waals surface area contributed by atoms with Crippen molar-refractivity contribution >= 4 is 23.1 Å². The van der Waals surface area contributed by atoms with Gasteiger partial charge < -0.3 is 0 Å². The number of hydrogen-bond donors (Lipinski definition) is 0. The summed E-state index contributed by atoms with van der Waals surface area (Å²) in [5.41, 5.74) is 5.77. The first-order valence-electron chi connectivity index (χ1n) is 6.83. The Labute approximate surface area is 119 Å². The van der Waals surface area contributed by atoms with E-state index < -0.39 is 0 Å². The minimum atomic E-state index is 0.988. The fraction of sp³-hybridized carbons (Fsp3) is 0.105. The number of rotatable bonds is 2. The molecule has 3 aromatic rings. The minimum Gasteiger partial charge on any atom is -0.248 e. The van der Waals surface area contributed by atoms with Gasteiger partial charge in [0.25, 0.3) is 0 Å². The van der Waals surface area contributed by atoms with E-state index in [0.717, 1.165) is 11.2 Å². The van der Waals surface area contributed by atoms with E-state index in [1.807, 2.05) is 0 Å². The van der Waals surface area contributed by atoms with Crippen LogP contribution in [0.4, 0.5) is 0 Å². The zero-order valence-corrected chi connectivity index (χ0v) is 11.8. The summed E-state index contributed by atoms with van der Waals surface area (Å²) in [4.78, 5) is 4.66. The molecular weight excluding hydrogens is 242 g/mol. The maximum atomic E-state index is 4.66. The summed E-state index contributed by atoms with van der Waals surface area (Å²) < 4.78 is 0. The summed E-state index contributed by atoms with van der Waals surface area (Å²) in [6.07, 6.45) is 4.16. The van der Waals surface area contributed by atoms with Gasteiger partial charge in [-0.1, -0.05) is 53.6 Å². The molecule has 1 heterocycles. The molecule has 0 unspecified atom stereocenters. The van der Waals surface area contributed by atoms with Crippen LogP contribution in [0.25, 0.3) is 23.1 Å². The topological polar surface area (TPSA) is 12.9 Å². The summed E-state index contributed by atoms with van der Waals surface area (Å²) in [7, 11) is 0. The average molecular weight is 259 g/mol. The van der Waals surface area contributed by atoms with E-state index in [1.54, 1.807) is 0 Å². The third-order valence-electron chi connectivity index (χ3n) is 3.39. The first-order chi connectivity index (χ1) is 9.70. The molecule has 0 bridgehead atoms. The van der Waals surface area contributed by atoms with E-state index in [1.165, 1.54) is 22.1 Å². The number of benzene rings is 2. The Morgan fingerprint density at radius 1 is 0.750 bits per heavy atom. The molecule has 0 fully saturated rings. The predicted molar refractivity (Wildman–Crippen MR) is 86.6 cm³/mol. The maximum Gasteiger partial charge on any atom is 0.0709 e. The smallest absolute Gasteiger partial charge is 0.0709 e. The molecule has 0 saturated heterocycles. The van der Waals surface area contributed by atoms with Crippen LogP contribution in [0, 0.1) is 13.8 Å². The van der Waals surface area contributed by atoms with Crippen LogP contribution in [-0.4, -0.2) is 4.98 Å². The third-order valence-corrected chi connectivity index (χ3v) is 3.39.